The molecule has 2 rings (SSSR count). The molecule has 94 valence electrons. The molecule has 5 heteroatoms. The number of ketones is 1. The van der Waals surface area contributed by atoms with E-state index in [9.17, 15) is 4.79 Å². The van der Waals surface area contributed by atoms with Crippen LogP contribution in [0.1, 0.15) is 31.4 Å². The van der Waals surface area contributed by atoms with Gasteiger partial charge in [-0.05, 0) is 26.9 Å². The average molecular weight is 236 g/mol. The van der Waals surface area contributed by atoms with E-state index in [0.29, 0.717) is 6.42 Å². The summed E-state index contributed by atoms with van der Waals surface area (Å²) in [5.74, 6) is 0.278. The van der Waals surface area contributed by atoms with E-state index in [0.717, 1.165) is 31.4 Å². The quantitative estimate of drug-likeness (QED) is 0.776. The Kier molecular flexibility index (Phi) is 3.28. The fourth-order valence-corrected chi connectivity index (χ4v) is 2.74. The topological polar surface area (TPSA) is 51.0 Å². The Morgan fingerprint density at radius 1 is 1.47 bits per heavy atom. The van der Waals surface area contributed by atoms with Crippen LogP contribution in [0.4, 0.5) is 0 Å². The van der Waals surface area contributed by atoms with Gasteiger partial charge in [-0.25, -0.2) is 0 Å². The number of likely N-dealkylation sites (N-methyl/N-ethyl adjacent to an activating group) is 1. The summed E-state index contributed by atoms with van der Waals surface area (Å²) in [4.78, 5) is 14.6. The lowest BCUT2D eigenvalue weighted by Crippen LogP contribution is -2.49. The molecule has 0 bridgehead atoms. The van der Waals surface area contributed by atoms with Gasteiger partial charge in [0.2, 0.25) is 0 Å². The molecule has 0 amide bonds. The maximum absolute atomic E-state index is 12.5. The maximum atomic E-state index is 12.5. The van der Waals surface area contributed by atoms with Crippen molar-refractivity contribution in [3.05, 3.63) is 11.9 Å². The maximum Gasteiger partial charge on any atom is 0.159 e. The Morgan fingerprint density at radius 2 is 2.12 bits per heavy atom. The smallest absolute Gasteiger partial charge is 0.159 e. The molecule has 1 aliphatic carbocycles. The SMILES string of the molecule is CN(C)C1(C(=O)Cc2cn(C)nn2)CCCC1. The zero-order chi connectivity index (χ0) is 12.5. The molecular weight excluding hydrogens is 216 g/mol. The highest BCUT2D eigenvalue weighted by Crippen LogP contribution is 2.35. The van der Waals surface area contributed by atoms with Crippen molar-refractivity contribution in [2.24, 2.45) is 7.05 Å². The number of Topliss-reactive ketones (excluding diaryl/α,β-unsaturated/α-hetero) is 1. The monoisotopic (exact) mass is 236 g/mol. The van der Waals surface area contributed by atoms with Crippen molar-refractivity contribution in [3.63, 3.8) is 0 Å². The minimum Gasteiger partial charge on any atom is -0.297 e. The van der Waals surface area contributed by atoms with Crippen molar-refractivity contribution in [1.29, 1.82) is 0 Å². The molecule has 0 N–H and O–H groups in total. The van der Waals surface area contributed by atoms with Crippen LogP contribution in [0, 0.1) is 0 Å². The highest BCUT2D eigenvalue weighted by molar-refractivity contribution is 5.90. The first-order valence-corrected chi connectivity index (χ1v) is 6.10. The molecule has 0 unspecified atom stereocenters. The number of aromatic nitrogens is 3. The van der Waals surface area contributed by atoms with Crippen LogP contribution in [0.5, 0.6) is 0 Å². The van der Waals surface area contributed by atoms with E-state index >= 15 is 0 Å². The van der Waals surface area contributed by atoms with E-state index in [4.69, 9.17) is 0 Å². The molecular formula is C12H20N4O. The molecule has 1 saturated carbocycles. The number of carbonyl (C=O) groups excluding carboxylic acids is 1. The summed E-state index contributed by atoms with van der Waals surface area (Å²) >= 11 is 0. The van der Waals surface area contributed by atoms with E-state index in [2.05, 4.69) is 15.2 Å². The van der Waals surface area contributed by atoms with Crippen LogP contribution in [0.15, 0.2) is 6.20 Å². The van der Waals surface area contributed by atoms with Gasteiger partial charge in [-0.2, -0.15) is 0 Å². The molecule has 1 fully saturated rings. The Bertz CT molecular complexity index is 404. The van der Waals surface area contributed by atoms with E-state index < -0.39 is 0 Å². The van der Waals surface area contributed by atoms with Gasteiger partial charge in [0, 0.05) is 13.2 Å². The molecule has 0 aliphatic heterocycles. The van der Waals surface area contributed by atoms with E-state index in [1.165, 1.54) is 0 Å². The Balaban J connectivity index is 2.12. The summed E-state index contributed by atoms with van der Waals surface area (Å²) in [7, 11) is 5.82. The van der Waals surface area contributed by atoms with E-state index in [1.807, 2.05) is 27.3 Å². The molecule has 1 aliphatic rings. The Labute approximate surface area is 102 Å². The number of hydrogen-bond acceptors (Lipinski definition) is 4. The third kappa shape index (κ3) is 2.24. The molecule has 1 aromatic heterocycles. The lowest BCUT2D eigenvalue weighted by molar-refractivity contribution is -0.128. The average Bonchev–Trinajstić information content (AvgIpc) is 2.87. The summed E-state index contributed by atoms with van der Waals surface area (Å²) in [6, 6.07) is 0. The molecule has 0 saturated heterocycles. The van der Waals surface area contributed by atoms with Crippen LogP contribution in [-0.4, -0.2) is 45.3 Å². The predicted molar refractivity (Wildman–Crippen MR) is 64.6 cm³/mol. The van der Waals surface area contributed by atoms with Crippen LogP contribution < -0.4 is 0 Å². The largest absolute Gasteiger partial charge is 0.297 e. The second-order valence-corrected chi connectivity index (χ2v) is 5.12. The summed E-state index contributed by atoms with van der Waals surface area (Å²) in [5, 5.41) is 7.86. The van der Waals surface area contributed by atoms with Crippen molar-refractivity contribution >= 4 is 5.78 Å². The van der Waals surface area contributed by atoms with Crippen molar-refractivity contribution < 1.29 is 4.79 Å². The van der Waals surface area contributed by atoms with E-state index in [-0.39, 0.29) is 11.3 Å². The van der Waals surface area contributed by atoms with Crippen LogP contribution in [0.3, 0.4) is 0 Å². The minimum atomic E-state index is -0.266. The van der Waals surface area contributed by atoms with Crippen LogP contribution in [0.2, 0.25) is 0 Å². The van der Waals surface area contributed by atoms with Crippen molar-refractivity contribution in [2.75, 3.05) is 14.1 Å². The summed E-state index contributed by atoms with van der Waals surface area (Å²) in [6.07, 6.45) is 6.44. The minimum absolute atomic E-state index is 0.266. The van der Waals surface area contributed by atoms with Gasteiger partial charge in [0.1, 0.15) is 0 Å². The fourth-order valence-electron chi connectivity index (χ4n) is 2.74. The molecule has 1 heterocycles. The van der Waals surface area contributed by atoms with Gasteiger partial charge in [0.15, 0.2) is 5.78 Å². The normalized spacial score (nSPS) is 18.8. The molecule has 0 atom stereocenters. The van der Waals surface area contributed by atoms with E-state index in [1.54, 1.807) is 4.68 Å². The first-order chi connectivity index (χ1) is 8.04. The molecule has 0 aromatic carbocycles. The molecule has 5 nitrogen and oxygen atoms in total. The van der Waals surface area contributed by atoms with Crippen LogP contribution in [0.25, 0.3) is 0 Å². The zero-order valence-electron chi connectivity index (χ0n) is 10.8. The fraction of sp³-hybridized carbons (Fsp3) is 0.750. The molecule has 17 heavy (non-hydrogen) atoms. The standard InChI is InChI=1S/C12H20N4O/c1-15(2)12(6-4-5-7-12)11(17)8-10-9-16(3)14-13-10/h9H,4-8H2,1-3H3. The highest BCUT2D eigenvalue weighted by Gasteiger charge is 2.42. The molecule has 1 aromatic rings. The molecule has 0 radical (unpaired) electrons. The van der Waals surface area contributed by atoms with Gasteiger partial charge >= 0.3 is 0 Å². The first kappa shape index (κ1) is 12.2. The summed E-state index contributed by atoms with van der Waals surface area (Å²) < 4.78 is 1.64. The second kappa shape index (κ2) is 4.56. The summed E-state index contributed by atoms with van der Waals surface area (Å²) in [6.45, 7) is 0. The lowest BCUT2D eigenvalue weighted by Gasteiger charge is -2.34. The van der Waals surface area contributed by atoms with Gasteiger partial charge in [-0.15, -0.1) is 5.10 Å². The van der Waals surface area contributed by atoms with Gasteiger partial charge < -0.3 is 0 Å². The number of carbonyl (C=O) groups is 1. The number of aryl methyl sites for hydroxylation is 1. The zero-order valence-corrected chi connectivity index (χ0v) is 10.8. The number of nitrogens with zero attached hydrogens (tertiary/aromatic N) is 4. The van der Waals surface area contributed by atoms with Gasteiger partial charge in [-0.3, -0.25) is 14.4 Å². The third-order valence-electron chi connectivity index (χ3n) is 3.80. The Morgan fingerprint density at radius 3 is 2.59 bits per heavy atom. The van der Waals surface area contributed by atoms with Crippen molar-refractivity contribution in [1.82, 2.24) is 19.9 Å². The predicted octanol–water partition coefficient (Wildman–Crippen LogP) is 0.801. The molecule has 0 spiro atoms. The van der Waals surface area contributed by atoms with Crippen LogP contribution in [-0.2, 0) is 18.3 Å². The number of rotatable bonds is 4. The second-order valence-electron chi connectivity index (χ2n) is 5.12. The van der Waals surface area contributed by atoms with Gasteiger partial charge in [-0.1, -0.05) is 18.1 Å². The lowest BCUT2D eigenvalue weighted by atomic mass is 9.88. The first-order valence-electron chi connectivity index (χ1n) is 6.10. The van der Waals surface area contributed by atoms with Crippen LogP contribution >= 0.6 is 0 Å². The van der Waals surface area contributed by atoms with Gasteiger partial charge in [0.25, 0.3) is 0 Å². The highest BCUT2D eigenvalue weighted by atomic mass is 16.1. The Hall–Kier alpha value is -1.23. The third-order valence-corrected chi connectivity index (χ3v) is 3.80. The van der Waals surface area contributed by atoms with Crippen molar-refractivity contribution in [2.45, 2.75) is 37.6 Å². The van der Waals surface area contributed by atoms with Crippen molar-refractivity contribution in [3.8, 4) is 0 Å². The number of hydrogen-bond donors (Lipinski definition) is 0. The summed E-state index contributed by atoms with van der Waals surface area (Å²) in [5.41, 5.74) is 0.503. The van der Waals surface area contributed by atoms with Gasteiger partial charge in [0.05, 0.1) is 17.7 Å².